The molecule has 2 heterocycles. The minimum atomic E-state index is 0. The molecule has 0 bridgehead atoms. The van der Waals surface area contributed by atoms with Crippen molar-refractivity contribution in [2.75, 3.05) is 0 Å². The number of nitrogens with zero attached hydrogens (tertiary/aromatic N) is 2. The number of thiophene rings is 1. The van der Waals surface area contributed by atoms with Gasteiger partial charge in [-0.15, -0.1) is 0 Å². The van der Waals surface area contributed by atoms with Gasteiger partial charge in [0.15, 0.2) is 0 Å². The molecule has 2 aromatic rings. The Labute approximate surface area is 153 Å². The standard InChI is InChI=1S/C10H4N2S.4Li/c1-2-4-8-7(3-1)11-9-5-13-6-10(9)12-8;;;;/h1-4H;;;;/q-4;4*+1. The topological polar surface area (TPSA) is 28.2 Å². The average molecular weight is 212 g/mol. The van der Waals surface area contributed by atoms with Crippen molar-refractivity contribution >= 4 is 34.1 Å². The summed E-state index contributed by atoms with van der Waals surface area (Å²) < 4.78 is 0. The van der Waals surface area contributed by atoms with E-state index in [1.54, 1.807) is 0 Å². The first-order valence-electron chi connectivity index (χ1n) is 3.88. The van der Waals surface area contributed by atoms with Gasteiger partial charge in [0.05, 0.1) is 0 Å². The number of rotatable bonds is 0. The summed E-state index contributed by atoms with van der Waals surface area (Å²) in [5.41, 5.74) is 3.45. The van der Waals surface area contributed by atoms with E-state index in [1.807, 2.05) is 24.3 Å². The van der Waals surface area contributed by atoms with E-state index in [0.29, 0.717) is 0 Å². The zero-order chi connectivity index (χ0) is 8.67. The van der Waals surface area contributed by atoms with Crippen LogP contribution in [0.25, 0.3) is 10.6 Å². The molecule has 2 nitrogen and oxygen atoms in total. The van der Waals surface area contributed by atoms with Crippen LogP contribution in [0.3, 0.4) is 0 Å². The predicted molar refractivity (Wildman–Crippen MR) is 53.8 cm³/mol. The molecule has 0 saturated carbocycles. The van der Waals surface area contributed by atoms with E-state index in [2.05, 4.69) is 21.4 Å². The first kappa shape index (κ1) is 20.2. The van der Waals surface area contributed by atoms with Crippen LogP contribution in [0.4, 0.5) is 22.7 Å². The summed E-state index contributed by atoms with van der Waals surface area (Å²) in [5, 5.41) is 14.8. The molecule has 1 aliphatic heterocycles. The number of hydrogen-bond acceptors (Lipinski definition) is 1. The molecular weight excluding hydrogens is 208 g/mol. The second-order valence-corrected chi connectivity index (χ2v) is 3.33. The van der Waals surface area contributed by atoms with Crippen molar-refractivity contribution in [2.45, 2.75) is 0 Å². The van der Waals surface area contributed by atoms with E-state index in [0.717, 1.165) is 22.7 Å². The first-order chi connectivity index (χ1) is 6.43. The number of para-hydroxylation sites is 2. The van der Waals surface area contributed by atoms with Gasteiger partial charge in [0.25, 0.3) is 0 Å². The fourth-order valence-electron chi connectivity index (χ4n) is 1.26. The second-order valence-electron chi connectivity index (χ2n) is 2.72. The number of fused-ring (bicyclic) bond motifs is 2. The molecule has 0 aliphatic carbocycles. The molecule has 0 amide bonds. The maximum atomic E-state index is 4.40. The van der Waals surface area contributed by atoms with Crippen LogP contribution in [0.1, 0.15) is 0 Å². The predicted octanol–water partition coefficient (Wildman–Crippen LogP) is -7.65. The molecule has 1 aliphatic rings. The molecule has 0 unspecified atom stereocenters. The zero-order valence-electron chi connectivity index (χ0n) is 10.6. The smallest absolute Gasteiger partial charge is 0.791 e. The monoisotopic (exact) mass is 212 g/mol. The molecule has 0 radical (unpaired) electrons. The van der Waals surface area contributed by atoms with E-state index in [4.69, 9.17) is 0 Å². The maximum Gasteiger partial charge on any atom is 1.00 e. The molecular formula is C10H4Li4N2S. The van der Waals surface area contributed by atoms with Gasteiger partial charge in [0, 0.05) is 0 Å². The summed E-state index contributed by atoms with van der Waals surface area (Å²) in [5.74, 6) is 0. The average Bonchev–Trinajstić information content (AvgIpc) is 2.61. The molecule has 0 fully saturated rings. The molecule has 3 rings (SSSR count). The molecule has 17 heavy (non-hydrogen) atoms. The molecule has 0 saturated heterocycles. The molecule has 0 atom stereocenters. The Morgan fingerprint density at radius 3 is 1.59 bits per heavy atom. The van der Waals surface area contributed by atoms with Crippen molar-refractivity contribution in [3.63, 3.8) is 0 Å². The summed E-state index contributed by atoms with van der Waals surface area (Å²) >= 11 is 1.39. The fraction of sp³-hybridized carbons (Fsp3) is 0. The van der Waals surface area contributed by atoms with Crippen molar-refractivity contribution in [2.24, 2.45) is 0 Å². The van der Waals surface area contributed by atoms with Crippen molar-refractivity contribution in [1.82, 2.24) is 0 Å². The van der Waals surface area contributed by atoms with Crippen LogP contribution in [-0.2, 0) is 0 Å². The van der Waals surface area contributed by atoms with Crippen molar-refractivity contribution in [3.05, 3.63) is 45.7 Å². The van der Waals surface area contributed by atoms with Crippen LogP contribution in [0.15, 0.2) is 24.3 Å². The second kappa shape index (κ2) is 8.92. The Bertz CT molecular complexity index is 422. The van der Waals surface area contributed by atoms with E-state index in [9.17, 15) is 0 Å². The van der Waals surface area contributed by atoms with Crippen LogP contribution in [0, 0.1) is 10.8 Å². The summed E-state index contributed by atoms with van der Waals surface area (Å²) in [6.07, 6.45) is 0. The summed E-state index contributed by atoms with van der Waals surface area (Å²) in [7, 11) is 0. The summed E-state index contributed by atoms with van der Waals surface area (Å²) in [4.78, 5) is 0. The summed E-state index contributed by atoms with van der Waals surface area (Å²) in [6.45, 7) is 0. The molecule has 0 N–H and O–H groups in total. The van der Waals surface area contributed by atoms with E-state index in [1.165, 1.54) is 11.3 Å². The van der Waals surface area contributed by atoms with E-state index < -0.39 is 0 Å². The molecule has 64 valence electrons. The van der Waals surface area contributed by atoms with Crippen LogP contribution in [0.5, 0.6) is 0 Å². The molecule has 1 aromatic carbocycles. The SMILES string of the molecule is [Li+].[Li+].[Li+].[Li+].[c-]1s[c-]c2c1[N-]c1ccccc1[N-]2. The van der Waals surface area contributed by atoms with E-state index >= 15 is 0 Å². The van der Waals surface area contributed by atoms with Gasteiger partial charge >= 0.3 is 75.4 Å². The first-order valence-corrected chi connectivity index (χ1v) is 4.70. The van der Waals surface area contributed by atoms with Crippen molar-refractivity contribution in [3.8, 4) is 0 Å². The molecule has 1 aromatic heterocycles. The minimum Gasteiger partial charge on any atom is -0.791 e. The Morgan fingerprint density at radius 2 is 1.18 bits per heavy atom. The van der Waals surface area contributed by atoms with Crippen LogP contribution < -0.4 is 75.4 Å². The van der Waals surface area contributed by atoms with Gasteiger partial charge in [-0.05, 0) is 0 Å². The van der Waals surface area contributed by atoms with E-state index in [-0.39, 0.29) is 75.4 Å². The Kier molecular flexibility index (Phi) is 10.6. The molecule has 0 spiro atoms. The third kappa shape index (κ3) is 4.20. The van der Waals surface area contributed by atoms with Crippen molar-refractivity contribution in [1.29, 1.82) is 0 Å². The van der Waals surface area contributed by atoms with Crippen LogP contribution in [-0.4, -0.2) is 0 Å². The van der Waals surface area contributed by atoms with Gasteiger partial charge in [-0.25, -0.2) is 0 Å². The van der Waals surface area contributed by atoms with Gasteiger partial charge in [-0.3, -0.25) is 0 Å². The van der Waals surface area contributed by atoms with Crippen molar-refractivity contribution < 1.29 is 75.4 Å². The Morgan fingerprint density at radius 1 is 0.765 bits per heavy atom. The van der Waals surface area contributed by atoms with Gasteiger partial charge in [-0.1, -0.05) is 24.3 Å². The van der Waals surface area contributed by atoms with Gasteiger partial charge in [0.2, 0.25) is 0 Å². The maximum absolute atomic E-state index is 4.40. The minimum absolute atomic E-state index is 0. The Balaban J connectivity index is 0. The molecule has 7 heteroatoms. The fourth-order valence-corrected chi connectivity index (χ4v) is 1.79. The number of benzene rings is 1. The third-order valence-electron chi connectivity index (χ3n) is 1.87. The summed E-state index contributed by atoms with van der Waals surface area (Å²) in [6, 6.07) is 7.82. The van der Waals surface area contributed by atoms with Gasteiger partial charge in [-0.2, -0.15) is 11.4 Å². The largest absolute Gasteiger partial charge is 1.00 e. The third-order valence-corrected chi connectivity index (χ3v) is 2.46. The normalized spacial score (nSPS) is 9.41. The van der Waals surface area contributed by atoms with Gasteiger partial charge < -0.3 is 44.1 Å². The Hall–Kier alpha value is 0.910. The zero-order valence-corrected chi connectivity index (χ0v) is 11.4. The van der Waals surface area contributed by atoms with Gasteiger partial charge in [0.1, 0.15) is 0 Å². The van der Waals surface area contributed by atoms with Crippen LogP contribution in [0.2, 0.25) is 0 Å². The number of hydrogen-bond donors (Lipinski definition) is 0. The van der Waals surface area contributed by atoms with Crippen LogP contribution >= 0.6 is 11.3 Å². The quantitative estimate of drug-likeness (QED) is 0.261.